The molecule has 14 heavy (non-hydrogen) atoms. The molecule has 0 radical (unpaired) electrons. The summed E-state index contributed by atoms with van der Waals surface area (Å²) in [5.41, 5.74) is 1.42. The van der Waals surface area contributed by atoms with Crippen molar-refractivity contribution in [2.45, 2.75) is 33.1 Å². The normalized spacial score (nSPS) is 27.1. The van der Waals surface area contributed by atoms with Gasteiger partial charge in [-0.2, -0.15) is 0 Å². The summed E-state index contributed by atoms with van der Waals surface area (Å²) in [7, 11) is 0. The lowest BCUT2D eigenvalue weighted by Gasteiger charge is -2.12. The minimum absolute atomic E-state index is 0.287. The lowest BCUT2D eigenvalue weighted by molar-refractivity contribution is -0.120. The second-order valence-electron chi connectivity index (χ2n) is 4.32. The van der Waals surface area contributed by atoms with Gasteiger partial charge in [0.2, 0.25) is 0 Å². The van der Waals surface area contributed by atoms with Gasteiger partial charge in [0.05, 0.1) is 0 Å². The third-order valence-electron chi connectivity index (χ3n) is 3.26. The molecule has 2 rings (SSSR count). The number of carbonyl (C=O) groups is 1. The molecule has 1 aromatic heterocycles. The van der Waals surface area contributed by atoms with E-state index in [4.69, 9.17) is 0 Å². The Kier molecular flexibility index (Phi) is 2.73. The molecule has 0 bridgehead atoms. The highest BCUT2D eigenvalue weighted by Gasteiger charge is 2.30. The van der Waals surface area contributed by atoms with Gasteiger partial charge in [-0.3, -0.25) is 4.79 Å². The number of carbonyl (C=O) groups excluding carboxylic acids is 1. The Hall–Kier alpha value is -0.630. The Morgan fingerprint density at radius 1 is 1.57 bits per heavy atom. The first-order chi connectivity index (χ1) is 6.66. The Morgan fingerprint density at radius 2 is 2.36 bits per heavy atom. The zero-order chi connectivity index (χ0) is 10.1. The number of thiophene rings is 1. The van der Waals surface area contributed by atoms with Crippen LogP contribution in [-0.2, 0) is 11.2 Å². The van der Waals surface area contributed by atoms with Crippen LogP contribution in [0, 0.1) is 18.8 Å². The van der Waals surface area contributed by atoms with E-state index in [1.54, 1.807) is 11.3 Å². The third-order valence-corrected chi connectivity index (χ3v) is 4.17. The SMILES string of the molecule is Cc1cc(CC2CCC(=O)C2C)cs1. The van der Waals surface area contributed by atoms with Gasteiger partial charge in [-0.05, 0) is 42.7 Å². The maximum Gasteiger partial charge on any atom is 0.135 e. The van der Waals surface area contributed by atoms with Gasteiger partial charge < -0.3 is 0 Å². The summed E-state index contributed by atoms with van der Waals surface area (Å²) >= 11 is 1.80. The zero-order valence-electron chi connectivity index (χ0n) is 8.75. The van der Waals surface area contributed by atoms with Gasteiger partial charge in [0, 0.05) is 17.2 Å². The molecule has 0 N–H and O–H groups in total. The Balaban J connectivity index is 2.02. The monoisotopic (exact) mass is 208 g/mol. The van der Waals surface area contributed by atoms with Crippen molar-refractivity contribution in [3.63, 3.8) is 0 Å². The van der Waals surface area contributed by atoms with Crippen molar-refractivity contribution in [1.82, 2.24) is 0 Å². The van der Waals surface area contributed by atoms with E-state index in [-0.39, 0.29) is 5.92 Å². The Bertz CT molecular complexity index is 340. The molecule has 0 amide bonds. The highest BCUT2D eigenvalue weighted by molar-refractivity contribution is 7.10. The molecule has 2 heteroatoms. The highest BCUT2D eigenvalue weighted by Crippen LogP contribution is 2.32. The molecule has 1 aromatic rings. The molecule has 0 aliphatic heterocycles. The zero-order valence-corrected chi connectivity index (χ0v) is 9.56. The van der Waals surface area contributed by atoms with Gasteiger partial charge in [0.25, 0.3) is 0 Å². The van der Waals surface area contributed by atoms with Crippen LogP contribution >= 0.6 is 11.3 Å². The molecular weight excluding hydrogens is 192 g/mol. The topological polar surface area (TPSA) is 17.1 Å². The van der Waals surface area contributed by atoms with Gasteiger partial charge in [-0.25, -0.2) is 0 Å². The first-order valence-corrected chi connectivity index (χ1v) is 6.11. The van der Waals surface area contributed by atoms with Crippen LogP contribution in [0.25, 0.3) is 0 Å². The lowest BCUT2D eigenvalue weighted by atomic mass is 9.92. The number of Topliss-reactive ketones (excluding diaryl/α,β-unsaturated/α-hetero) is 1. The summed E-state index contributed by atoms with van der Waals surface area (Å²) in [4.78, 5) is 12.8. The van der Waals surface area contributed by atoms with Crippen LogP contribution in [0.2, 0.25) is 0 Å². The molecule has 1 fully saturated rings. The van der Waals surface area contributed by atoms with Crippen molar-refractivity contribution in [2.75, 3.05) is 0 Å². The van der Waals surface area contributed by atoms with Crippen LogP contribution in [0.5, 0.6) is 0 Å². The molecule has 0 spiro atoms. The van der Waals surface area contributed by atoms with E-state index in [0.717, 1.165) is 19.3 Å². The summed E-state index contributed by atoms with van der Waals surface area (Å²) in [6.45, 7) is 4.22. The van der Waals surface area contributed by atoms with Crippen molar-refractivity contribution in [3.8, 4) is 0 Å². The van der Waals surface area contributed by atoms with E-state index in [0.29, 0.717) is 11.7 Å². The molecule has 0 saturated heterocycles. The van der Waals surface area contributed by atoms with E-state index in [9.17, 15) is 4.79 Å². The molecule has 1 aliphatic carbocycles. The van der Waals surface area contributed by atoms with Gasteiger partial charge in [-0.15, -0.1) is 11.3 Å². The summed E-state index contributed by atoms with van der Waals surface area (Å²) < 4.78 is 0. The number of aryl methyl sites for hydroxylation is 1. The summed E-state index contributed by atoms with van der Waals surface area (Å²) in [5.74, 6) is 1.34. The maximum atomic E-state index is 11.4. The molecule has 0 aromatic carbocycles. The fourth-order valence-electron chi connectivity index (χ4n) is 2.25. The van der Waals surface area contributed by atoms with Crippen molar-refractivity contribution >= 4 is 17.1 Å². The fraction of sp³-hybridized carbons (Fsp3) is 0.583. The smallest absolute Gasteiger partial charge is 0.135 e. The maximum absolute atomic E-state index is 11.4. The first-order valence-electron chi connectivity index (χ1n) is 5.23. The Morgan fingerprint density at radius 3 is 2.86 bits per heavy atom. The Labute approximate surface area is 89.1 Å². The summed E-state index contributed by atoms with van der Waals surface area (Å²) in [6.07, 6.45) is 2.99. The fourth-order valence-corrected chi connectivity index (χ4v) is 2.98. The van der Waals surface area contributed by atoms with Crippen LogP contribution in [0.1, 0.15) is 30.2 Å². The molecule has 2 atom stereocenters. The number of ketones is 1. The van der Waals surface area contributed by atoms with Crippen molar-refractivity contribution in [1.29, 1.82) is 0 Å². The lowest BCUT2D eigenvalue weighted by Crippen LogP contribution is -2.12. The minimum Gasteiger partial charge on any atom is -0.299 e. The molecule has 1 nitrogen and oxygen atoms in total. The average Bonchev–Trinajstić information content (AvgIpc) is 2.67. The van der Waals surface area contributed by atoms with Crippen LogP contribution in [0.4, 0.5) is 0 Å². The standard InChI is InChI=1S/C12H16OS/c1-8-5-10(7-14-8)6-11-3-4-12(13)9(11)2/h5,7,9,11H,3-4,6H2,1-2H3. The molecule has 1 aliphatic rings. The van der Waals surface area contributed by atoms with Crippen molar-refractivity contribution < 1.29 is 4.79 Å². The molecule has 2 unspecified atom stereocenters. The van der Waals surface area contributed by atoms with Gasteiger partial charge in [0.1, 0.15) is 5.78 Å². The average molecular weight is 208 g/mol. The van der Waals surface area contributed by atoms with E-state index in [2.05, 4.69) is 25.3 Å². The predicted octanol–water partition coefficient (Wildman–Crippen LogP) is 3.21. The number of hydrogen-bond donors (Lipinski definition) is 0. The second kappa shape index (κ2) is 3.85. The highest BCUT2D eigenvalue weighted by atomic mass is 32.1. The van der Waals surface area contributed by atoms with Crippen LogP contribution < -0.4 is 0 Å². The van der Waals surface area contributed by atoms with Gasteiger partial charge in [0.15, 0.2) is 0 Å². The quantitative estimate of drug-likeness (QED) is 0.729. The largest absolute Gasteiger partial charge is 0.299 e. The van der Waals surface area contributed by atoms with E-state index >= 15 is 0 Å². The van der Waals surface area contributed by atoms with Gasteiger partial charge in [-0.1, -0.05) is 6.92 Å². The van der Waals surface area contributed by atoms with Crippen LogP contribution in [-0.4, -0.2) is 5.78 Å². The number of hydrogen-bond acceptors (Lipinski definition) is 2. The van der Waals surface area contributed by atoms with Crippen molar-refractivity contribution in [2.24, 2.45) is 11.8 Å². The van der Waals surface area contributed by atoms with Crippen LogP contribution in [0.3, 0.4) is 0 Å². The molecule has 76 valence electrons. The predicted molar refractivity (Wildman–Crippen MR) is 59.7 cm³/mol. The molecular formula is C12H16OS. The third kappa shape index (κ3) is 1.90. The first kappa shape index (κ1) is 9.91. The molecule has 1 saturated carbocycles. The van der Waals surface area contributed by atoms with E-state index in [1.807, 2.05) is 0 Å². The molecule has 1 heterocycles. The second-order valence-corrected chi connectivity index (χ2v) is 5.44. The van der Waals surface area contributed by atoms with E-state index < -0.39 is 0 Å². The summed E-state index contributed by atoms with van der Waals surface area (Å²) in [6, 6.07) is 2.25. The summed E-state index contributed by atoms with van der Waals surface area (Å²) in [5, 5.41) is 2.23. The minimum atomic E-state index is 0.287. The van der Waals surface area contributed by atoms with Crippen LogP contribution in [0.15, 0.2) is 11.4 Å². The number of rotatable bonds is 2. The van der Waals surface area contributed by atoms with Gasteiger partial charge >= 0.3 is 0 Å². The van der Waals surface area contributed by atoms with Crippen molar-refractivity contribution in [3.05, 3.63) is 21.9 Å². The van der Waals surface area contributed by atoms with E-state index in [1.165, 1.54) is 10.4 Å².